The van der Waals surface area contributed by atoms with Crippen LogP contribution in [0.3, 0.4) is 0 Å². The van der Waals surface area contributed by atoms with Crippen molar-refractivity contribution in [2.75, 3.05) is 13.2 Å². The van der Waals surface area contributed by atoms with Crippen molar-refractivity contribution in [3.63, 3.8) is 0 Å². The van der Waals surface area contributed by atoms with Crippen LogP contribution in [0.4, 0.5) is 4.79 Å². The molecular formula is C15H29NO3. The first kappa shape index (κ1) is 16.3. The van der Waals surface area contributed by atoms with Crippen molar-refractivity contribution in [1.82, 2.24) is 5.32 Å². The van der Waals surface area contributed by atoms with E-state index < -0.39 is 11.7 Å². The molecule has 1 aliphatic rings. The molecule has 0 radical (unpaired) electrons. The van der Waals surface area contributed by atoms with Gasteiger partial charge < -0.3 is 15.2 Å². The van der Waals surface area contributed by atoms with Gasteiger partial charge in [-0.3, -0.25) is 0 Å². The van der Waals surface area contributed by atoms with E-state index in [1.807, 2.05) is 20.8 Å². The lowest BCUT2D eigenvalue weighted by Crippen LogP contribution is -2.44. The minimum absolute atomic E-state index is 0.131. The molecule has 1 aliphatic carbocycles. The predicted molar refractivity (Wildman–Crippen MR) is 75.9 cm³/mol. The highest BCUT2D eigenvalue weighted by Gasteiger charge is 2.45. The molecule has 0 heterocycles. The van der Waals surface area contributed by atoms with Gasteiger partial charge in [0.1, 0.15) is 5.60 Å². The van der Waals surface area contributed by atoms with Crippen LogP contribution in [0.5, 0.6) is 0 Å². The zero-order chi connectivity index (χ0) is 14.7. The van der Waals surface area contributed by atoms with Crippen molar-refractivity contribution in [1.29, 1.82) is 0 Å². The van der Waals surface area contributed by atoms with E-state index in [-0.39, 0.29) is 12.0 Å². The molecule has 4 nitrogen and oxygen atoms in total. The largest absolute Gasteiger partial charge is 0.444 e. The van der Waals surface area contributed by atoms with Gasteiger partial charge in [0, 0.05) is 12.0 Å². The first-order chi connectivity index (χ1) is 8.68. The SMILES string of the molecule is CC(C)CC(CO)(CNC(=O)OC(C)(C)C)C1CC1. The Morgan fingerprint density at radius 2 is 1.95 bits per heavy atom. The number of hydrogen-bond acceptors (Lipinski definition) is 3. The maximum absolute atomic E-state index is 11.7. The van der Waals surface area contributed by atoms with Gasteiger partial charge in [0.2, 0.25) is 0 Å². The summed E-state index contributed by atoms with van der Waals surface area (Å²) in [5.41, 5.74) is -0.658. The molecule has 1 fully saturated rings. The van der Waals surface area contributed by atoms with Gasteiger partial charge in [0.15, 0.2) is 0 Å². The second-order valence-corrected chi connectivity index (χ2v) is 7.25. The van der Waals surface area contributed by atoms with Crippen molar-refractivity contribution in [3.8, 4) is 0 Å². The maximum atomic E-state index is 11.7. The molecule has 0 spiro atoms. The number of carbonyl (C=O) groups is 1. The molecule has 0 aromatic rings. The Labute approximate surface area is 116 Å². The predicted octanol–water partition coefficient (Wildman–Crippen LogP) is 2.95. The van der Waals surface area contributed by atoms with E-state index in [4.69, 9.17) is 4.74 Å². The highest BCUT2D eigenvalue weighted by atomic mass is 16.6. The number of carbonyl (C=O) groups excluding carboxylic acids is 1. The van der Waals surface area contributed by atoms with Crippen molar-refractivity contribution in [2.45, 2.75) is 59.5 Å². The first-order valence-corrected chi connectivity index (χ1v) is 7.26. The minimum atomic E-state index is -0.483. The molecule has 112 valence electrons. The van der Waals surface area contributed by atoms with Gasteiger partial charge in [0.05, 0.1) is 6.61 Å². The molecule has 1 atom stereocenters. The summed E-state index contributed by atoms with van der Waals surface area (Å²) in [4.78, 5) is 11.7. The summed E-state index contributed by atoms with van der Waals surface area (Å²) in [7, 11) is 0. The van der Waals surface area contributed by atoms with Crippen molar-refractivity contribution >= 4 is 6.09 Å². The molecule has 0 bridgehead atoms. The lowest BCUT2D eigenvalue weighted by atomic mass is 9.76. The number of nitrogens with one attached hydrogen (secondary N) is 1. The Kier molecular flexibility index (Phi) is 5.25. The van der Waals surface area contributed by atoms with E-state index in [0.29, 0.717) is 18.4 Å². The van der Waals surface area contributed by atoms with E-state index in [1.165, 1.54) is 0 Å². The summed E-state index contributed by atoms with van der Waals surface area (Å²) in [6, 6.07) is 0. The van der Waals surface area contributed by atoms with E-state index in [1.54, 1.807) is 0 Å². The van der Waals surface area contributed by atoms with Crippen molar-refractivity contribution in [2.24, 2.45) is 17.3 Å². The van der Waals surface area contributed by atoms with E-state index in [9.17, 15) is 9.90 Å². The van der Waals surface area contributed by atoms with Crippen molar-refractivity contribution < 1.29 is 14.6 Å². The smallest absolute Gasteiger partial charge is 0.407 e. The van der Waals surface area contributed by atoms with Crippen LogP contribution in [-0.4, -0.2) is 30.0 Å². The fourth-order valence-electron chi connectivity index (χ4n) is 2.70. The minimum Gasteiger partial charge on any atom is -0.444 e. The van der Waals surface area contributed by atoms with Crippen LogP contribution in [0, 0.1) is 17.3 Å². The van der Waals surface area contributed by atoms with Gasteiger partial charge in [-0.2, -0.15) is 0 Å². The average molecular weight is 271 g/mol. The molecule has 19 heavy (non-hydrogen) atoms. The molecule has 0 aromatic heterocycles. The summed E-state index contributed by atoms with van der Waals surface area (Å²) in [5.74, 6) is 1.04. The molecule has 2 N–H and O–H groups in total. The highest BCUT2D eigenvalue weighted by molar-refractivity contribution is 5.67. The summed E-state index contributed by atoms with van der Waals surface area (Å²) in [5, 5.41) is 12.6. The first-order valence-electron chi connectivity index (χ1n) is 7.26. The molecule has 0 aliphatic heterocycles. The summed E-state index contributed by atoms with van der Waals surface area (Å²) < 4.78 is 5.25. The molecule has 1 rings (SSSR count). The molecule has 1 saturated carbocycles. The van der Waals surface area contributed by atoms with Crippen LogP contribution < -0.4 is 5.32 Å². The highest BCUT2D eigenvalue weighted by Crippen LogP contribution is 2.48. The third-order valence-electron chi connectivity index (χ3n) is 3.56. The fraction of sp³-hybridized carbons (Fsp3) is 0.933. The number of alkyl carbamates (subject to hydrolysis) is 1. The lowest BCUT2D eigenvalue weighted by Gasteiger charge is -2.34. The van der Waals surface area contributed by atoms with Gasteiger partial charge in [-0.15, -0.1) is 0 Å². The fourth-order valence-corrected chi connectivity index (χ4v) is 2.70. The molecule has 1 amide bonds. The topological polar surface area (TPSA) is 58.6 Å². The van der Waals surface area contributed by atoms with Crippen molar-refractivity contribution in [3.05, 3.63) is 0 Å². The molecule has 0 saturated heterocycles. The standard InChI is InChI=1S/C15H29NO3/c1-11(2)8-15(10-17,12-6-7-12)9-16-13(18)19-14(3,4)5/h11-12,17H,6-10H2,1-5H3,(H,16,18). The summed E-state index contributed by atoms with van der Waals surface area (Å²) >= 11 is 0. The second-order valence-electron chi connectivity index (χ2n) is 7.25. The zero-order valence-corrected chi connectivity index (χ0v) is 13.0. The Balaban J connectivity index is 2.56. The Morgan fingerprint density at radius 1 is 1.37 bits per heavy atom. The lowest BCUT2D eigenvalue weighted by molar-refractivity contribution is 0.0398. The Morgan fingerprint density at radius 3 is 2.32 bits per heavy atom. The van der Waals surface area contributed by atoms with Crippen LogP contribution in [0.25, 0.3) is 0 Å². The third kappa shape index (κ3) is 5.39. The van der Waals surface area contributed by atoms with Crippen LogP contribution in [0.1, 0.15) is 53.9 Å². The van der Waals surface area contributed by atoms with Crippen LogP contribution in [0.2, 0.25) is 0 Å². The van der Waals surface area contributed by atoms with Crippen LogP contribution in [0.15, 0.2) is 0 Å². The van der Waals surface area contributed by atoms with E-state index in [0.717, 1.165) is 19.3 Å². The molecule has 0 aromatic carbocycles. The Hall–Kier alpha value is -0.770. The zero-order valence-electron chi connectivity index (χ0n) is 13.0. The number of rotatable bonds is 6. The Bertz CT molecular complexity index is 305. The molecule has 4 heteroatoms. The van der Waals surface area contributed by atoms with Gasteiger partial charge in [-0.05, 0) is 51.9 Å². The number of aliphatic hydroxyl groups excluding tert-OH is 1. The van der Waals surface area contributed by atoms with Gasteiger partial charge in [-0.1, -0.05) is 13.8 Å². The summed E-state index contributed by atoms with van der Waals surface area (Å²) in [6.07, 6.45) is 2.85. The van der Waals surface area contributed by atoms with Gasteiger partial charge >= 0.3 is 6.09 Å². The van der Waals surface area contributed by atoms with E-state index in [2.05, 4.69) is 19.2 Å². The maximum Gasteiger partial charge on any atom is 0.407 e. The summed E-state index contributed by atoms with van der Waals surface area (Å²) in [6.45, 7) is 10.5. The van der Waals surface area contributed by atoms with E-state index >= 15 is 0 Å². The molecule has 1 unspecified atom stereocenters. The second kappa shape index (κ2) is 6.12. The third-order valence-corrected chi connectivity index (χ3v) is 3.56. The molecular weight excluding hydrogens is 242 g/mol. The monoisotopic (exact) mass is 271 g/mol. The normalized spacial score (nSPS) is 19.1. The van der Waals surface area contributed by atoms with Crippen LogP contribution in [-0.2, 0) is 4.74 Å². The number of hydrogen-bond donors (Lipinski definition) is 2. The van der Waals surface area contributed by atoms with Crippen LogP contribution >= 0.6 is 0 Å². The van der Waals surface area contributed by atoms with Gasteiger partial charge in [-0.25, -0.2) is 4.79 Å². The number of aliphatic hydroxyl groups is 1. The quantitative estimate of drug-likeness (QED) is 0.781. The van der Waals surface area contributed by atoms with Gasteiger partial charge in [0.25, 0.3) is 0 Å². The number of ether oxygens (including phenoxy) is 1. The number of amides is 1. The average Bonchev–Trinajstić information content (AvgIpc) is 3.05.